The maximum atomic E-state index is 11.8. The van der Waals surface area contributed by atoms with Crippen molar-refractivity contribution in [1.82, 2.24) is 4.90 Å². The first-order chi connectivity index (χ1) is 13.2. The number of nitrogens with zero attached hydrogens (tertiary/aromatic N) is 1. The Labute approximate surface area is 158 Å². The Bertz CT molecular complexity index is 903. The highest BCUT2D eigenvalue weighted by molar-refractivity contribution is 5.45. The van der Waals surface area contributed by atoms with Gasteiger partial charge in [0.2, 0.25) is 6.79 Å². The van der Waals surface area contributed by atoms with Crippen molar-refractivity contribution in [2.24, 2.45) is 0 Å². The zero-order valence-corrected chi connectivity index (χ0v) is 14.9. The van der Waals surface area contributed by atoms with Gasteiger partial charge in [0, 0.05) is 13.1 Å². The second kappa shape index (κ2) is 6.41. The zero-order chi connectivity index (χ0) is 18.3. The third kappa shape index (κ3) is 2.87. The first-order valence-electron chi connectivity index (χ1n) is 9.21. The van der Waals surface area contributed by atoms with Crippen LogP contribution in [0.3, 0.4) is 0 Å². The second-order valence-corrected chi connectivity index (χ2v) is 7.13. The molecule has 2 heterocycles. The number of fused-ring (bicyclic) bond motifs is 1. The second-order valence-electron chi connectivity index (χ2n) is 7.13. The molecule has 3 aromatic rings. The Morgan fingerprint density at radius 3 is 2.15 bits per heavy atom. The van der Waals surface area contributed by atoms with E-state index in [0.29, 0.717) is 0 Å². The van der Waals surface area contributed by atoms with Crippen LogP contribution in [0.2, 0.25) is 0 Å². The average Bonchev–Trinajstić information content (AvgIpc) is 3.34. The van der Waals surface area contributed by atoms with E-state index in [4.69, 9.17) is 9.47 Å². The lowest BCUT2D eigenvalue weighted by Crippen LogP contribution is -2.36. The predicted molar refractivity (Wildman–Crippen MR) is 103 cm³/mol. The monoisotopic (exact) mass is 359 g/mol. The van der Waals surface area contributed by atoms with Gasteiger partial charge in [-0.05, 0) is 28.8 Å². The van der Waals surface area contributed by atoms with Gasteiger partial charge in [-0.15, -0.1) is 0 Å². The van der Waals surface area contributed by atoms with E-state index in [-0.39, 0.29) is 12.8 Å². The molecule has 1 saturated heterocycles. The molecule has 4 nitrogen and oxygen atoms in total. The molecule has 2 aliphatic heterocycles. The summed E-state index contributed by atoms with van der Waals surface area (Å²) in [5.74, 6) is 1.60. The van der Waals surface area contributed by atoms with Crippen LogP contribution < -0.4 is 9.47 Å². The number of aliphatic hydroxyl groups is 1. The topological polar surface area (TPSA) is 41.7 Å². The van der Waals surface area contributed by atoms with E-state index in [1.54, 1.807) is 0 Å². The molecule has 0 amide bonds. The molecular weight excluding hydrogens is 338 g/mol. The number of hydrogen-bond acceptors (Lipinski definition) is 4. The van der Waals surface area contributed by atoms with E-state index in [9.17, 15) is 5.11 Å². The van der Waals surface area contributed by atoms with Gasteiger partial charge in [-0.25, -0.2) is 0 Å². The van der Waals surface area contributed by atoms with Crippen LogP contribution in [0, 0.1) is 0 Å². The van der Waals surface area contributed by atoms with Gasteiger partial charge in [0.05, 0.1) is 6.04 Å². The van der Waals surface area contributed by atoms with Crippen molar-refractivity contribution in [2.45, 2.75) is 18.2 Å². The van der Waals surface area contributed by atoms with Crippen molar-refractivity contribution in [1.29, 1.82) is 0 Å². The predicted octanol–water partition coefficient (Wildman–Crippen LogP) is 3.54. The summed E-state index contributed by atoms with van der Waals surface area (Å²) in [5, 5.41) is 11.8. The normalized spacial score (nSPS) is 20.5. The van der Waals surface area contributed by atoms with Crippen molar-refractivity contribution in [3.8, 4) is 11.5 Å². The number of ether oxygens (including phenoxy) is 2. The number of hydrogen-bond donors (Lipinski definition) is 1. The SMILES string of the molecule is OC(c1ccccc1)(c1ccccc1)[C@@H]1CN1Cc1ccc2c(c1)OCO2. The van der Waals surface area contributed by atoms with Crippen molar-refractivity contribution < 1.29 is 14.6 Å². The molecular formula is C23H21NO3. The van der Waals surface area contributed by atoms with Crippen molar-refractivity contribution in [2.75, 3.05) is 13.3 Å². The molecule has 0 bridgehead atoms. The molecule has 0 spiro atoms. The summed E-state index contributed by atoms with van der Waals surface area (Å²) >= 11 is 0. The van der Waals surface area contributed by atoms with E-state index in [2.05, 4.69) is 11.0 Å². The summed E-state index contributed by atoms with van der Waals surface area (Å²) in [5.41, 5.74) is 1.98. The Kier molecular flexibility index (Phi) is 3.88. The highest BCUT2D eigenvalue weighted by atomic mass is 16.7. The van der Waals surface area contributed by atoms with Crippen LogP contribution in [0.5, 0.6) is 11.5 Å². The van der Waals surface area contributed by atoms with Gasteiger partial charge in [0.1, 0.15) is 5.60 Å². The summed E-state index contributed by atoms with van der Waals surface area (Å²) in [6.45, 7) is 1.89. The lowest BCUT2D eigenvalue weighted by Gasteiger charge is -2.30. The van der Waals surface area contributed by atoms with Crippen molar-refractivity contribution in [3.63, 3.8) is 0 Å². The molecule has 136 valence electrons. The van der Waals surface area contributed by atoms with E-state index in [1.807, 2.05) is 72.8 Å². The Morgan fingerprint density at radius 1 is 0.852 bits per heavy atom. The van der Waals surface area contributed by atoms with Crippen LogP contribution in [0.25, 0.3) is 0 Å². The third-order valence-corrected chi connectivity index (χ3v) is 5.45. The molecule has 0 saturated carbocycles. The van der Waals surface area contributed by atoms with Gasteiger partial charge in [-0.3, -0.25) is 4.90 Å². The van der Waals surface area contributed by atoms with E-state index in [0.717, 1.165) is 41.3 Å². The Morgan fingerprint density at radius 2 is 1.48 bits per heavy atom. The van der Waals surface area contributed by atoms with Gasteiger partial charge in [-0.1, -0.05) is 66.7 Å². The third-order valence-electron chi connectivity index (χ3n) is 5.45. The molecule has 1 N–H and O–H groups in total. The van der Waals surface area contributed by atoms with Gasteiger partial charge < -0.3 is 14.6 Å². The maximum absolute atomic E-state index is 11.8. The highest BCUT2D eigenvalue weighted by Crippen LogP contribution is 2.43. The maximum Gasteiger partial charge on any atom is 0.231 e. The summed E-state index contributed by atoms with van der Waals surface area (Å²) in [4.78, 5) is 2.29. The molecule has 2 aliphatic rings. The largest absolute Gasteiger partial charge is 0.454 e. The molecule has 5 rings (SSSR count). The van der Waals surface area contributed by atoms with E-state index in [1.165, 1.54) is 0 Å². The lowest BCUT2D eigenvalue weighted by molar-refractivity contribution is 0.0638. The molecule has 0 aromatic heterocycles. The highest BCUT2D eigenvalue weighted by Gasteiger charge is 2.52. The van der Waals surface area contributed by atoms with Crippen LogP contribution in [0.1, 0.15) is 16.7 Å². The zero-order valence-electron chi connectivity index (χ0n) is 14.9. The Hall–Kier alpha value is -2.82. The molecule has 2 atom stereocenters. The molecule has 1 unspecified atom stereocenters. The Balaban J connectivity index is 1.43. The minimum atomic E-state index is -1.03. The quantitative estimate of drug-likeness (QED) is 0.708. The van der Waals surface area contributed by atoms with E-state index < -0.39 is 5.60 Å². The van der Waals surface area contributed by atoms with Crippen molar-refractivity contribution in [3.05, 3.63) is 95.6 Å². The minimum Gasteiger partial charge on any atom is -0.454 e. The van der Waals surface area contributed by atoms with Crippen LogP contribution in [0.4, 0.5) is 0 Å². The van der Waals surface area contributed by atoms with Crippen LogP contribution in [0.15, 0.2) is 78.9 Å². The summed E-state index contributed by atoms with van der Waals surface area (Å²) in [6.07, 6.45) is 0. The van der Waals surface area contributed by atoms with E-state index >= 15 is 0 Å². The molecule has 3 aromatic carbocycles. The van der Waals surface area contributed by atoms with Gasteiger partial charge in [0.25, 0.3) is 0 Å². The summed E-state index contributed by atoms with van der Waals surface area (Å²) < 4.78 is 10.9. The fraction of sp³-hybridized carbons (Fsp3) is 0.217. The fourth-order valence-electron chi connectivity index (χ4n) is 3.96. The average molecular weight is 359 g/mol. The summed E-state index contributed by atoms with van der Waals surface area (Å²) in [7, 11) is 0. The fourth-order valence-corrected chi connectivity index (χ4v) is 3.96. The molecule has 0 aliphatic carbocycles. The molecule has 0 radical (unpaired) electrons. The minimum absolute atomic E-state index is 0.0349. The van der Waals surface area contributed by atoms with Gasteiger partial charge in [0.15, 0.2) is 11.5 Å². The molecule has 27 heavy (non-hydrogen) atoms. The smallest absolute Gasteiger partial charge is 0.231 e. The standard InChI is InChI=1S/C23H21NO3/c25-23(18-7-3-1-4-8-18,19-9-5-2-6-10-19)22-15-24(22)14-17-11-12-20-21(13-17)27-16-26-20/h1-13,22,25H,14-16H2/t22-,24?/m0/s1. The van der Waals surface area contributed by atoms with Crippen LogP contribution in [-0.2, 0) is 12.1 Å². The number of benzene rings is 3. The first kappa shape index (κ1) is 16.4. The molecule has 4 heteroatoms. The van der Waals surface area contributed by atoms with Crippen LogP contribution >= 0.6 is 0 Å². The lowest BCUT2D eigenvalue weighted by atomic mass is 9.83. The van der Waals surface area contributed by atoms with Crippen molar-refractivity contribution >= 4 is 0 Å². The molecule has 1 fully saturated rings. The first-order valence-corrected chi connectivity index (χ1v) is 9.21. The van der Waals surface area contributed by atoms with Gasteiger partial charge in [-0.2, -0.15) is 0 Å². The summed E-state index contributed by atoms with van der Waals surface area (Å²) in [6, 6.07) is 26.0. The van der Waals surface area contributed by atoms with Crippen LogP contribution in [-0.4, -0.2) is 29.4 Å². The van der Waals surface area contributed by atoms with Gasteiger partial charge >= 0.3 is 0 Å². The number of rotatable bonds is 5.